The van der Waals surface area contributed by atoms with Gasteiger partial charge in [0.25, 0.3) is 5.91 Å². The van der Waals surface area contributed by atoms with E-state index in [1.54, 1.807) is 0 Å². The van der Waals surface area contributed by atoms with E-state index in [0.717, 1.165) is 32.5 Å². The zero-order valence-corrected chi connectivity index (χ0v) is 13.7. The summed E-state index contributed by atoms with van der Waals surface area (Å²) in [6.45, 7) is 3.51. The van der Waals surface area contributed by atoms with E-state index in [-0.39, 0.29) is 11.5 Å². The minimum Gasteiger partial charge on any atom is -0.485 e. The van der Waals surface area contributed by atoms with Gasteiger partial charge in [-0.2, -0.15) is 0 Å². The Morgan fingerprint density at radius 1 is 1.00 bits per heavy atom. The standard InChI is InChI=1S/C20H22N2O2/c23-19-17-8-4-5-9-18(17)24-20(15-21-19)10-12-22(13-11-20)14-16-6-2-1-3-7-16/h1-9H,10-15H2,(H,21,23). The van der Waals surface area contributed by atoms with Crippen LogP contribution in [-0.2, 0) is 6.54 Å². The molecule has 0 bridgehead atoms. The maximum atomic E-state index is 12.2. The summed E-state index contributed by atoms with van der Waals surface area (Å²) in [5, 5.41) is 3.04. The molecule has 1 fully saturated rings. The van der Waals surface area contributed by atoms with Crippen LogP contribution in [0.1, 0.15) is 28.8 Å². The predicted molar refractivity (Wildman–Crippen MR) is 93.1 cm³/mol. The molecule has 24 heavy (non-hydrogen) atoms. The van der Waals surface area contributed by atoms with Crippen molar-refractivity contribution in [2.45, 2.75) is 25.0 Å². The third-order valence-electron chi connectivity index (χ3n) is 5.05. The van der Waals surface area contributed by atoms with E-state index < -0.39 is 0 Å². The first kappa shape index (κ1) is 15.2. The smallest absolute Gasteiger partial charge is 0.255 e. The van der Waals surface area contributed by atoms with Crippen molar-refractivity contribution in [3.05, 3.63) is 65.7 Å². The molecule has 124 valence electrons. The molecule has 4 nitrogen and oxygen atoms in total. The van der Waals surface area contributed by atoms with E-state index in [9.17, 15) is 4.79 Å². The SMILES string of the molecule is O=C1NCC2(CCN(Cc3ccccc3)CC2)Oc2ccccc21. The Morgan fingerprint density at radius 3 is 2.50 bits per heavy atom. The number of para-hydroxylation sites is 1. The number of nitrogens with one attached hydrogen (secondary N) is 1. The van der Waals surface area contributed by atoms with Crippen LogP contribution in [0, 0.1) is 0 Å². The lowest BCUT2D eigenvalue weighted by Crippen LogP contribution is -2.52. The van der Waals surface area contributed by atoms with Gasteiger partial charge in [0, 0.05) is 32.5 Å². The number of benzene rings is 2. The van der Waals surface area contributed by atoms with Crippen molar-refractivity contribution in [3.8, 4) is 5.75 Å². The average Bonchev–Trinajstić information content (AvgIpc) is 2.76. The van der Waals surface area contributed by atoms with E-state index in [1.165, 1.54) is 5.56 Å². The topological polar surface area (TPSA) is 41.6 Å². The number of carbonyl (C=O) groups excluding carboxylic acids is 1. The number of nitrogens with zero attached hydrogens (tertiary/aromatic N) is 1. The highest BCUT2D eigenvalue weighted by Gasteiger charge is 2.39. The Morgan fingerprint density at radius 2 is 1.71 bits per heavy atom. The summed E-state index contributed by atoms with van der Waals surface area (Å²) in [6, 6.07) is 18.1. The number of fused-ring (bicyclic) bond motifs is 1. The lowest BCUT2D eigenvalue weighted by Gasteiger charge is -2.41. The van der Waals surface area contributed by atoms with Crippen LogP contribution < -0.4 is 10.1 Å². The fourth-order valence-electron chi connectivity index (χ4n) is 3.59. The molecule has 0 saturated carbocycles. The van der Waals surface area contributed by atoms with Gasteiger partial charge in [0.15, 0.2) is 0 Å². The molecule has 1 saturated heterocycles. The lowest BCUT2D eigenvalue weighted by molar-refractivity contribution is 0.00395. The molecule has 0 radical (unpaired) electrons. The van der Waals surface area contributed by atoms with Crippen LogP contribution in [-0.4, -0.2) is 36.0 Å². The minimum atomic E-state index is -0.282. The molecule has 1 spiro atoms. The molecular formula is C20H22N2O2. The van der Waals surface area contributed by atoms with Crippen LogP contribution in [0.4, 0.5) is 0 Å². The second kappa shape index (κ2) is 6.29. The Balaban J connectivity index is 1.46. The molecule has 4 heteroatoms. The Kier molecular flexibility index (Phi) is 3.98. The summed E-state index contributed by atoms with van der Waals surface area (Å²) in [7, 11) is 0. The summed E-state index contributed by atoms with van der Waals surface area (Å²) in [5.74, 6) is 0.679. The predicted octanol–water partition coefficient (Wildman–Crippen LogP) is 2.84. The molecular weight excluding hydrogens is 300 g/mol. The summed E-state index contributed by atoms with van der Waals surface area (Å²) in [6.07, 6.45) is 1.85. The maximum absolute atomic E-state index is 12.2. The van der Waals surface area contributed by atoms with Gasteiger partial charge in [-0.3, -0.25) is 9.69 Å². The number of hydrogen-bond acceptors (Lipinski definition) is 3. The third kappa shape index (κ3) is 3.02. The number of hydrogen-bond donors (Lipinski definition) is 1. The molecule has 2 heterocycles. The van der Waals surface area contributed by atoms with E-state index in [0.29, 0.717) is 17.9 Å². The van der Waals surface area contributed by atoms with Gasteiger partial charge in [-0.1, -0.05) is 42.5 Å². The van der Waals surface area contributed by atoms with E-state index in [4.69, 9.17) is 4.74 Å². The van der Waals surface area contributed by atoms with Gasteiger partial charge >= 0.3 is 0 Å². The summed E-state index contributed by atoms with van der Waals surface area (Å²) < 4.78 is 6.34. The normalized spacial score (nSPS) is 19.9. The van der Waals surface area contributed by atoms with Crippen LogP contribution in [0.3, 0.4) is 0 Å². The monoisotopic (exact) mass is 322 g/mol. The Labute approximate surface area is 142 Å². The molecule has 2 aromatic carbocycles. The summed E-state index contributed by atoms with van der Waals surface area (Å²) >= 11 is 0. The van der Waals surface area contributed by atoms with Crippen LogP contribution in [0.2, 0.25) is 0 Å². The van der Waals surface area contributed by atoms with Crippen LogP contribution in [0.15, 0.2) is 54.6 Å². The molecule has 0 aromatic heterocycles. The van der Waals surface area contributed by atoms with Crippen molar-refractivity contribution in [3.63, 3.8) is 0 Å². The molecule has 4 rings (SSSR count). The summed E-state index contributed by atoms with van der Waals surface area (Å²) in [4.78, 5) is 14.7. The highest BCUT2D eigenvalue weighted by atomic mass is 16.5. The Hall–Kier alpha value is -2.33. The van der Waals surface area contributed by atoms with Gasteiger partial charge in [0.1, 0.15) is 11.4 Å². The molecule has 2 aromatic rings. The number of ether oxygens (including phenoxy) is 1. The van der Waals surface area contributed by atoms with Crippen molar-refractivity contribution in [2.24, 2.45) is 0 Å². The second-order valence-corrected chi connectivity index (χ2v) is 6.73. The van der Waals surface area contributed by atoms with Gasteiger partial charge in [-0.25, -0.2) is 0 Å². The maximum Gasteiger partial charge on any atom is 0.255 e. The number of likely N-dealkylation sites (tertiary alicyclic amines) is 1. The zero-order chi connectivity index (χ0) is 16.4. The fourth-order valence-corrected chi connectivity index (χ4v) is 3.59. The van der Waals surface area contributed by atoms with Gasteiger partial charge < -0.3 is 10.1 Å². The van der Waals surface area contributed by atoms with Crippen molar-refractivity contribution in [1.29, 1.82) is 0 Å². The first-order chi connectivity index (χ1) is 11.7. The van der Waals surface area contributed by atoms with Gasteiger partial charge in [0.05, 0.1) is 12.1 Å². The third-order valence-corrected chi connectivity index (χ3v) is 5.05. The zero-order valence-electron chi connectivity index (χ0n) is 13.7. The molecule has 2 aliphatic heterocycles. The number of carbonyl (C=O) groups is 1. The number of piperidine rings is 1. The highest BCUT2D eigenvalue weighted by molar-refractivity contribution is 5.97. The Bertz CT molecular complexity index is 721. The lowest BCUT2D eigenvalue weighted by atomic mass is 9.90. The van der Waals surface area contributed by atoms with E-state index in [1.807, 2.05) is 30.3 Å². The van der Waals surface area contributed by atoms with Crippen molar-refractivity contribution in [1.82, 2.24) is 10.2 Å². The quantitative estimate of drug-likeness (QED) is 0.924. The van der Waals surface area contributed by atoms with Crippen molar-refractivity contribution < 1.29 is 9.53 Å². The number of rotatable bonds is 2. The number of amides is 1. The van der Waals surface area contributed by atoms with Gasteiger partial charge in [0.2, 0.25) is 0 Å². The van der Waals surface area contributed by atoms with Crippen LogP contribution >= 0.6 is 0 Å². The van der Waals surface area contributed by atoms with Crippen molar-refractivity contribution in [2.75, 3.05) is 19.6 Å². The first-order valence-corrected chi connectivity index (χ1v) is 8.57. The highest BCUT2D eigenvalue weighted by Crippen LogP contribution is 2.33. The molecule has 0 unspecified atom stereocenters. The largest absolute Gasteiger partial charge is 0.485 e. The van der Waals surface area contributed by atoms with Gasteiger partial charge in [-0.05, 0) is 17.7 Å². The van der Waals surface area contributed by atoms with Crippen molar-refractivity contribution >= 4 is 5.91 Å². The second-order valence-electron chi connectivity index (χ2n) is 6.73. The van der Waals surface area contributed by atoms with E-state index in [2.05, 4.69) is 34.5 Å². The average molecular weight is 322 g/mol. The first-order valence-electron chi connectivity index (χ1n) is 8.57. The minimum absolute atomic E-state index is 0.0332. The summed E-state index contributed by atoms with van der Waals surface area (Å²) in [5.41, 5.74) is 1.70. The molecule has 1 N–H and O–H groups in total. The van der Waals surface area contributed by atoms with Crippen LogP contribution in [0.5, 0.6) is 5.75 Å². The molecule has 1 amide bonds. The van der Waals surface area contributed by atoms with Crippen LogP contribution in [0.25, 0.3) is 0 Å². The molecule has 0 atom stereocenters. The fraction of sp³-hybridized carbons (Fsp3) is 0.350. The van der Waals surface area contributed by atoms with Gasteiger partial charge in [-0.15, -0.1) is 0 Å². The van der Waals surface area contributed by atoms with E-state index >= 15 is 0 Å². The molecule has 2 aliphatic rings. The molecule has 0 aliphatic carbocycles.